The predicted molar refractivity (Wildman–Crippen MR) is 110 cm³/mol. The summed E-state index contributed by atoms with van der Waals surface area (Å²) in [7, 11) is 0. The van der Waals surface area contributed by atoms with Crippen LogP contribution in [-0.2, 0) is 27.3 Å². The second kappa shape index (κ2) is 7.03. The lowest BCUT2D eigenvalue weighted by molar-refractivity contribution is -0.134. The van der Waals surface area contributed by atoms with Crippen LogP contribution in [0.3, 0.4) is 0 Å². The molecule has 0 spiro atoms. The lowest BCUT2D eigenvalue weighted by Crippen LogP contribution is -2.31. The first-order valence-corrected chi connectivity index (χ1v) is 9.75. The quantitative estimate of drug-likeness (QED) is 0.496. The van der Waals surface area contributed by atoms with Gasteiger partial charge in [-0.1, -0.05) is 17.7 Å². The van der Waals surface area contributed by atoms with Gasteiger partial charge in [0.1, 0.15) is 5.65 Å². The zero-order chi connectivity index (χ0) is 20.8. The van der Waals surface area contributed by atoms with Crippen molar-refractivity contribution in [1.29, 1.82) is 0 Å². The van der Waals surface area contributed by atoms with Crippen LogP contribution >= 0.6 is 11.6 Å². The van der Waals surface area contributed by atoms with Crippen molar-refractivity contribution in [3.63, 3.8) is 0 Å². The number of Topliss-reactive ketones (excluding diaryl/α,β-unsaturated/α-hetero) is 1. The SMILES string of the molecule is O=C(O)C1=C(N2CCc3ccc(Cl)cc3C2)OC(=Cc2c[nH]c3ncccc23)C1=O. The first-order valence-electron chi connectivity index (χ1n) is 9.37. The molecule has 8 heteroatoms. The number of nitrogens with one attached hydrogen (secondary N) is 1. The predicted octanol–water partition coefficient (Wildman–Crippen LogP) is 3.51. The molecular formula is C22H16ClN3O4. The molecule has 0 radical (unpaired) electrons. The van der Waals surface area contributed by atoms with Crippen LogP contribution in [-0.4, -0.2) is 38.3 Å². The third-order valence-corrected chi connectivity index (χ3v) is 5.56. The number of nitrogens with zero attached hydrogens (tertiary/aromatic N) is 2. The van der Waals surface area contributed by atoms with Crippen LogP contribution in [0.1, 0.15) is 16.7 Å². The molecule has 0 fully saturated rings. The molecule has 150 valence electrons. The van der Waals surface area contributed by atoms with E-state index in [1.54, 1.807) is 29.4 Å². The monoisotopic (exact) mass is 421 g/mol. The van der Waals surface area contributed by atoms with Crippen LogP contribution < -0.4 is 0 Å². The van der Waals surface area contributed by atoms with E-state index in [1.807, 2.05) is 24.3 Å². The zero-order valence-electron chi connectivity index (χ0n) is 15.7. The Hall–Kier alpha value is -3.58. The van der Waals surface area contributed by atoms with Gasteiger partial charge in [0.15, 0.2) is 11.3 Å². The van der Waals surface area contributed by atoms with Crippen molar-refractivity contribution in [3.8, 4) is 0 Å². The summed E-state index contributed by atoms with van der Waals surface area (Å²) in [5.41, 5.74) is 3.15. The average Bonchev–Trinajstić information content (AvgIpc) is 3.29. The van der Waals surface area contributed by atoms with Gasteiger partial charge in [-0.05, 0) is 47.9 Å². The first kappa shape index (κ1) is 18.4. The van der Waals surface area contributed by atoms with Crippen molar-refractivity contribution in [2.24, 2.45) is 0 Å². The van der Waals surface area contributed by atoms with E-state index >= 15 is 0 Å². The normalized spacial score (nSPS) is 17.6. The minimum absolute atomic E-state index is 0.0240. The van der Waals surface area contributed by atoms with Crippen LogP contribution in [0.5, 0.6) is 0 Å². The molecule has 0 unspecified atom stereocenters. The van der Waals surface area contributed by atoms with Gasteiger partial charge in [-0.15, -0.1) is 0 Å². The van der Waals surface area contributed by atoms with Crippen LogP contribution in [0.2, 0.25) is 5.02 Å². The van der Waals surface area contributed by atoms with Crippen molar-refractivity contribution in [1.82, 2.24) is 14.9 Å². The molecule has 2 aromatic heterocycles. The Morgan fingerprint density at radius 3 is 3.00 bits per heavy atom. The average molecular weight is 422 g/mol. The number of ether oxygens (including phenoxy) is 1. The van der Waals surface area contributed by atoms with Gasteiger partial charge in [0.25, 0.3) is 0 Å². The molecule has 0 saturated carbocycles. The Labute approximate surface area is 176 Å². The number of rotatable bonds is 3. The fourth-order valence-electron chi connectivity index (χ4n) is 3.86. The highest BCUT2D eigenvalue weighted by Crippen LogP contribution is 2.34. The number of hydrogen-bond donors (Lipinski definition) is 2. The highest BCUT2D eigenvalue weighted by atomic mass is 35.5. The fourth-order valence-corrected chi connectivity index (χ4v) is 4.06. The number of pyridine rings is 1. The number of carboxylic acid groups (broad SMARTS) is 1. The van der Waals surface area contributed by atoms with Gasteiger partial charge in [0, 0.05) is 41.5 Å². The summed E-state index contributed by atoms with van der Waals surface area (Å²) in [6.45, 7) is 0.956. The molecular weight excluding hydrogens is 406 g/mol. The molecule has 30 heavy (non-hydrogen) atoms. The van der Waals surface area contributed by atoms with Crippen molar-refractivity contribution >= 4 is 40.5 Å². The molecule has 5 rings (SSSR count). The Balaban J connectivity index is 1.50. The Kier molecular flexibility index (Phi) is 4.33. The largest absolute Gasteiger partial charge is 0.477 e. The smallest absolute Gasteiger partial charge is 0.345 e. The highest BCUT2D eigenvalue weighted by Gasteiger charge is 2.39. The summed E-state index contributed by atoms with van der Waals surface area (Å²) in [6.07, 6.45) is 5.62. The van der Waals surface area contributed by atoms with Gasteiger partial charge in [-0.3, -0.25) is 4.79 Å². The molecule has 2 aliphatic heterocycles. The molecule has 0 aliphatic carbocycles. The number of carbonyl (C=O) groups is 2. The van der Waals surface area contributed by atoms with Crippen molar-refractivity contribution in [2.75, 3.05) is 6.54 Å². The van der Waals surface area contributed by atoms with Crippen LogP contribution in [0, 0.1) is 0 Å². The van der Waals surface area contributed by atoms with E-state index in [0.29, 0.717) is 35.7 Å². The maximum atomic E-state index is 12.9. The van der Waals surface area contributed by atoms with E-state index in [9.17, 15) is 14.7 Å². The number of fused-ring (bicyclic) bond motifs is 2. The van der Waals surface area contributed by atoms with Gasteiger partial charge >= 0.3 is 5.97 Å². The van der Waals surface area contributed by atoms with Crippen LogP contribution in [0.4, 0.5) is 0 Å². The number of hydrogen-bond acceptors (Lipinski definition) is 5. The lowest BCUT2D eigenvalue weighted by atomic mass is 9.99. The highest BCUT2D eigenvalue weighted by molar-refractivity contribution is 6.30. The molecule has 2 aliphatic rings. The van der Waals surface area contributed by atoms with Gasteiger partial charge < -0.3 is 19.7 Å². The second-order valence-corrected chi connectivity index (χ2v) is 7.59. The number of aromatic amines is 1. The molecule has 0 saturated heterocycles. The summed E-state index contributed by atoms with van der Waals surface area (Å²) < 4.78 is 5.82. The number of benzene rings is 1. The van der Waals surface area contributed by atoms with E-state index in [1.165, 1.54) is 0 Å². The summed E-state index contributed by atoms with van der Waals surface area (Å²) in [6, 6.07) is 9.32. The summed E-state index contributed by atoms with van der Waals surface area (Å²) in [5, 5.41) is 11.1. The number of allylic oxidation sites excluding steroid dienone is 1. The van der Waals surface area contributed by atoms with E-state index in [0.717, 1.165) is 16.5 Å². The number of halogens is 1. The first-order chi connectivity index (χ1) is 14.5. The summed E-state index contributed by atoms with van der Waals surface area (Å²) in [4.78, 5) is 33.8. The van der Waals surface area contributed by atoms with E-state index in [2.05, 4.69) is 9.97 Å². The van der Waals surface area contributed by atoms with Gasteiger partial charge in [0.2, 0.25) is 11.7 Å². The van der Waals surface area contributed by atoms with Crippen LogP contribution in [0.25, 0.3) is 17.1 Å². The number of aromatic nitrogens is 2. The summed E-state index contributed by atoms with van der Waals surface area (Å²) in [5.74, 6) is -1.91. The van der Waals surface area contributed by atoms with Crippen molar-refractivity contribution < 1.29 is 19.4 Å². The second-order valence-electron chi connectivity index (χ2n) is 7.15. The van der Waals surface area contributed by atoms with Crippen LogP contribution in [0.15, 0.2) is 59.9 Å². The molecule has 0 bridgehead atoms. The molecule has 0 atom stereocenters. The number of carboxylic acids is 1. The molecule has 2 N–H and O–H groups in total. The van der Waals surface area contributed by atoms with E-state index in [-0.39, 0.29) is 17.2 Å². The standard InChI is InChI=1S/C22H16ClN3O4/c23-15-4-3-12-5-7-26(11-14(12)8-15)21-18(22(28)29)19(27)17(30-21)9-13-10-25-20-16(13)2-1-6-24-20/h1-4,6,8-10H,5,7,11H2,(H,24,25)(H,28,29). The lowest BCUT2D eigenvalue weighted by Gasteiger charge is -2.30. The van der Waals surface area contributed by atoms with Crippen molar-refractivity contribution in [3.05, 3.63) is 81.7 Å². The minimum Gasteiger partial charge on any atom is -0.477 e. The van der Waals surface area contributed by atoms with Crippen molar-refractivity contribution in [2.45, 2.75) is 13.0 Å². The maximum Gasteiger partial charge on any atom is 0.345 e. The Bertz CT molecular complexity index is 1270. The fraction of sp³-hybridized carbons (Fsp3) is 0.136. The Morgan fingerprint density at radius 2 is 2.17 bits per heavy atom. The topological polar surface area (TPSA) is 95.5 Å². The summed E-state index contributed by atoms with van der Waals surface area (Å²) >= 11 is 6.11. The number of carbonyl (C=O) groups excluding carboxylic acids is 1. The van der Waals surface area contributed by atoms with Gasteiger partial charge in [0.05, 0.1) is 0 Å². The maximum absolute atomic E-state index is 12.9. The molecule has 3 aromatic rings. The Morgan fingerprint density at radius 1 is 1.30 bits per heavy atom. The van der Waals surface area contributed by atoms with Gasteiger partial charge in [-0.25, -0.2) is 9.78 Å². The number of H-pyrrole nitrogens is 1. The number of ketones is 1. The van der Waals surface area contributed by atoms with E-state index < -0.39 is 11.8 Å². The molecule has 7 nitrogen and oxygen atoms in total. The third kappa shape index (κ3) is 3.04. The zero-order valence-corrected chi connectivity index (χ0v) is 16.4. The number of aliphatic carboxylic acids is 1. The minimum atomic E-state index is -1.31. The van der Waals surface area contributed by atoms with Gasteiger partial charge in [-0.2, -0.15) is 0 Å². The molecule has 1 aromatic carbocycles. The molecule has 4 heterocycles. The third-order valence-electron chi connectivity index (χ3n) is 5.32. The van der Waals surface area contributed by atoms with E-state index in [4.69, 9.17) is 16.3 Å². The molecule has 0 amide bonds.